The van der Waals surface area contributed by atoms with E-state index in [1.807, 2.05) is 30.3 Å². The first-order valence-electron chi connectivity index (χ1n) is 8.07. The standard InChI is InChI=1S/C18H18N2O5S/c21-17(12-13-4-2-1-3-5-13)19-14-6-8-15(9-7-14)26(23,24)20-16-10-11-25-18(16)22/h1-9,16,20H,10-12H2,(H,19,21)/t16-/m0/s1. The molecule has 8 heteroatoms. The number of hydrogen-bond donors (Lipinski definition) is 2. The van der Waals surface area contributed by atoms with Crippen molar-refractivity contribution in [2.75, 3.05) is 11.9 Å². The van der Waals surface area contributed by atoms with Gasteiger partial charge in [0, 0.05) is 12.1 Å². The van der Waals surface area contributed by atoms with E-state index in [4.69, 9.17) is 4.74 Å². The maximum Gasteiger partial charge on any atom is 0.324 e. The maximum absolute atomic E-state index is 12.3. The number of carbonyl (C=O) groups excluding carboxylic acids is 2. The van der Waals surface area contributed by atoms with Crippen LogP contribution in [0.1, 0.15) is 12.0 Å². The Kier molecular flexibility index (Phi) is 5.34. The second-order valence-corrected chi connectivity index (χ2v) is 7.58. The lowest BCUT2D eigenvalue weighted by atomic mass is 10.1. The molecule has 0 bridgehead atoms. The minimum absolute atomic E-state index is 0.0123. The zero-order chi connectivity index (χ0) is 18.6. The summed E-state index contributed by atoms with van der Waals surface area (Å²) in [4.78, 5) is 23.5. The third-order valence-corrected chi connectivity index (χ3v) is 5.38. The summed E-state index contributed by atoms with van der Waals surface area (Å²) in [6.07, 6.45) is 0.540. The number of esters is 1. The second kappa shape index (κ2) is 7.67. The Labute approximate surface area is 151 Å². The SMILES string of the molecule is O=C(Cc1ccccc1)Nc1ccc(S(=O)(=O)N[C@H]2CCOC2=O)cc1. The highest BCUT2D eigenvalue weighted by Crippen LogP contribution is 2.16. The molecule has 2 N–H and O–H groups in total. The molecule has 26 heavy (non-hydrogen) atoms. The Hall–Kier alpha value is -2.71. The molecule has 1 amide bonds. The monoisotopic (exact) mass is 374 g/mol. The number of amides is 1. The van der Waals surface area contributed by atoms with Gasteiger partial charge in [-0.1, -0.05) is 30.3 Å². The Morgan fingerprint density at radius 1 is 1.08 bits per heavy atom. The van der Waals surface area contributed by atoms with Gasteiger partial charge in [0.1, 0.15) is 6.04 Å². The minimum atomic E-state index is -3.83. The minimum Gasteiger partial charge on any atom is -0.464 e. The molecule has 0 aliphatic carbocycles. The molecule has 1 fully saturated rings. The zero-order valence-corrected chi connectivity index (χ0v) is 14.7. The molecule has 3 rings (SSSR count). The number of sulfonamides is 1. The van der Waals surface area contributed by atoms with Crippen molar-refractivity contribution in [1.29, 1.82) is 0 Å². The van der Waals surface area contributed by atoms with Gasteiger partial charge in [-0.3, -0.25) is 9.59 Å². The third kappa shape index (κ3) is 4.47. The highest BCUT2D eigenvalue weighted by atomic mass is 32.2. The number of ether oxygens (including phenoxy) is 1. The highest BCUT2D eigenvalue weighted by molar-refractivity contribution is 7.89. The second-order valence-electron chi connectivity index (χ2n) is 5.86. The van der Waals surface area contributed by atoms with Crippen LogP contribution in [0.4, 0.5) is 5.69 Å². The van der Waals surface area contributed by atoms with Crippen LogP contribution in [0.25, 0.3) is 0 Å². The molecule has 1 aliphatic rings. The molecule has 1 atom stereocenters. The predicted molar refractivity (Wildman–Crippen MR) is 94.9 cm³/mol. The van der Waals surface area contributed by atoms with E-state index in [2.05, 4.69) is 10.0 Å². The molecule has 1 aliphatic heterocycles. The molecular weight excluding hydrogens is 356 g/mol. The van der Waals surface area contributed by atoms with E-state index in [1.54, 1.807) is 0 Å². The maximum atomic E-state index is 12.3. The fourth-order valence-corrected chi connectivity index (χ4v) is 3.78. The van der Waals surface area contributed by atoms with Crippen molar-refractivity contribution in [3.63, 3.8) is 0 Å². The first-order valence-corrected chi connectivity index (χ1v) is 9.55. The van der Waals surface area contributed by atoms with Crippen molar-refractivity contribution in [3.8, 4) is 0 Å². The van der Waals surface area contributed by atoms with E-state index in [1.165, 1.54) is 24.3 Å². The predicted octanol–water partition coefficient (Wildman–Crippen LogP) is 1.46. The van der Waals surface area contributed by atoms with Gasteiger partial charge in [-0.25, -0.2) is 8.42 Å². The van der Waals surface area contributed by atoms with Gasteiger partial charge in [0.05, 0.1) is 17.9 Å². The average molecular weight is 374 g/mol. The number of anilines is 1. The lowest BCUT2D eigenvalue weighted by Crippen LogP contribution is -2.37. The van der Waals surface area contributed by atoms with Crippen molar-refractivity contribution in [2.45, 2.75) is 23.8 Å². The van der Waals surface area contributed by atoms with E-state index >= 15 is 0 Å². The van der Waals surface area contributed by atoms with Gasteiger partial charge in [-0.15, -0.1) is 0 Å². The van der Waals surface area contributed by atoms with E-state index in [0.29, 0.717) is 12.1 Å². The average Bonchev–Trinajstić information content (AvgIpc) is 3.00. The summed E-state index contributed by atoms with van der Waals surface area (Å²) < 4.78 is 31.7. The van der Waals surface area contributed by atoms with Crippen LogP contribution in [-0.4, -0.2) is 32.9 Å². The number of benzene rings is 2. The molecular formula is C18H18N2O5S. The first-order chi connectivity index (χ1) is 12.4. The number of nitrogens with one attached hydrogen (secondary N) is 2. The molecule has 1 saturated heterocycles. The lowest BCUT2D eigenvalue weighted by Gasteiger charge is -2.11. The zero-order valence-electron chi connectivity index (χ0n) is 13.8. The number of carbonyl (C=O) groups is 2. The van der Waals surface area contributed by atoms with Crippen molar-refractivity contribution < 1.29 is 22.7 Å². The molecule has 7 nitrogen and oxygen atoms in total. The van der Waals surface area contributed by atoms with Crippen molar-refractivity contribution in [3.05, 3.63) is 60.2 Å². The van der Waals surface area contributed by atoms with Gasteiger partial charge in [-0.2, -0.15) is 4.72 Å². The Morgan fingerprint density at radius 2 is 1.77 bits per heavy atom. The van der Waals surface area contributed by atoms with Crippen LogP contribution in [0.5, 0.6) is 0 Å². The molecule has 0 saturated carbocycles. The van der Waals surface area contributed by atoms with Crippen LogP contribution in [0.2, 0.25) is 0 Å². The summed E-state index contributed by atoms with van der Waals surface area (Å²) in [5.74, 6) is -0.767. The third-order valence-electron chi connectivity index (χ3n) is 3.89. The quantitative estimate of drug-likeness (QED) is 0.746. The Bertz CT molecular complexity index is 895. The fraction of sp³-hybridized carbons (Fsp3) is 0.222. The van der Waals surface area contributed by atoms with Gasteiger partial charge < -0.3 is 10.1 Å². The molecule has 0 radical (unpaired) electrons. The molecule has 1 heterocycles. The molecule has 2 aromatic carbocycles. The summed E-state index contributed by atoms with van der Waals surface area (Å²) in [5, 5.41) is 2.72. The van der Waals surface area contributed by atoms with Crippen LogP contribution in [0, 0.1) is 0 Å². The van der Waals surface area contributed by atoms with Crippen LogP contribution in [-0.2, 0) is 30.8 Å². The molecule has 0 spiro atoms. The number of hydrogen-bond acceptors (Lipinski definition) is 5. The summed E-state index contributed by atoms with van der Waals surface area (Å²) >= 11 is 0. The Morgan fingerprint density at radius 3 is 2.38 bits per heavy atom. The van der Waals surface area contributed by atoms with Gasteiger partial charge in [0.2, 0.25) is 15.9 Å². The Balaban J connectivity index is 1.62. The fourth-order valence-electron chi connectivity index (χ4n) is 2.56. The molecule has 0 aromatic heterocycles. The normalized spacial score (nSPS) is 16.9. The van der Waals surface area contributed by atoms with Gasteiger partial charge in [-0.05, 0) is 29.8 Å². The van der Waals surface area contributed by atoms with Crippen LogP contribution >= 0.6 is 0 Å². The molecule has 2 aromatic rings. The summed E-state index contributed by atoms with van der Waals surface area (Å²) in [7, 11) is -3.83. The topological polar surface area (TPSA) is 102 Å². The van der Waals surface area contributed by atoms with Crippen LogP contribution in [0.15, 0.2) is 59.5 Å². The van der Waals surface area contributed by atoms with Crippen molar-refractivity contribution in [1.82, 2.24) is 4.72 Å². The van der Waals surface area contributed by atoms with Crippen LogP contribution < -0.4 is 10.0 Å². The van der Waals surface area contributed by atoms with E-state index in [9.17, 15) is 18.0 Å². The summed E-state index contributed by atoms with van der Waals surface area (Å²) in [6, 6.07) is 14.2. The molecule has 0 unspecified atom stereocenters. The number of cyclic esters (lactones) is 1. The van der Waals surface area contributed by atoms with Crippen LogP contribution in [0.3, 0.4) is 0 Å². The summed E-state index contributed by atoms with van der Waals surface area (Å²) in [6.45, 7) is 0.207. The summed E-state index contributed by atoms with van der Waals surface area (Å²) in [5.41, 5.74) is 1.38. The number of rotatable bonds is 6. The van der Waals surface area contributed by atoms with Crippen molar-refractivity contribution >= 4 is 27.6 Å². The van der Waals surface area contributed by atoms with Gasteiger partial charge in [0.15, 0.2) is 0 Å². The smallest absolute Gasteiger partial charge is 0.324 e. The first kappa shape index (κ1) is 18.1. The largest absolute Gasteiger partial charge is 0.464 e. The van der Waals surface area contributed by atoms with Crippen molar-refractivity contribution in [2.24, 2.45) is 0 Å². The molecule has 136 valence electrons. The highest BCUT2D eigenvalue weighted by Gasteiger charge is 2.31. The lowest BCUT2D eigenvalue weighted by molar-refractivity contribution is -0.139. The van der Waals surface area contributed by atoms with E-state index in [-0.39, 0.29) is 23.8 Å². The van der Waals surface area contributed by atoms with Gasteiger partial charge >= 0.3 is 5.97 Å². The van der Waals surface area contributed by atoms with E-state index < -0.39 is 22.0 Å². The van der Waals surface area contributed by atoms with E-state index in [0.717, 1.165) is 5.56 Å². The van der Waals surface area contributed by atoms with Gasteiger partial charge in [0.25, 0.3) is 0 Å².